The third-order valence-electron chi connectivity index (χ3n) is 2.04. The highest BCUT2D eigenvalue weighted by Gasteiger charge is 2.17. The van der Waals surface area contributed by atoms with Gasteiger partial charge in [-0.25, -0.2) is 4.79 Å². The van der Waals surface area contributed by atoms with Crippen LogP contribution < -0.4 is 4.74 Å². The average molecular weight is 196 g/mol. The van der Waals surface area contributed by atoms with Crippen LogP contribution in [0.1, 0.15) is 22.8 Å². The quantitative estimate of drug-likeness (QED) is 0.771. The summed E-state index contributed by atoms with van der Waals surface area (Å²) in [7, 11) is 1.38. The lowest BCUT2D eigenvalue weighted by atomic mass is 10.0. The van der Waals surface area contributed by atoms with Crippen LogP contribution in [0, 0.1) is 0 Å². The number of aryl methyl sites for hydroxylation is 1. The van der Waals surface area contributed by atoms with E-state index in [1.54, 1.807) is 12.1 Å². The lowest BCUT2D eigenvalue weighted by Crippen LogP contribution is -2.03. The molecular formula is C10H12O4. The second-order valence-electron chi connectivity index (χ2n) is 2.81. The van der Waals surface area contributed by atoms with Gasteiger partial charge in [-0.1, -0.05) is 13.0 Å². The first-order valence-electron chi connectivity index (χ1n) is 4.24. The van der Waals surface area contributed by atoms with Gasteiger partial charge in [0.2, 0.25) is 0 Å². The van der Waals surface area contributed by atoms with Gasteiger partial charge in [0, 0.05) is 0 Å². The van der Waals surface area contributed by atoms with E-state index in [-0.39, 0.29) is 17.1 Å². The topological polar surface area (TPSA) is 66.8 Å². The second kappa shape index (κ2) is 4.00. The highest BCUT2D eigenvalue weighted by atomic mass is 16.5. The van der Waals surface area contributed by atoms with Gasteiger partial charge in [0.05, 0.1) is 7.11 Å². The molecule has 0 aliphatic heterocycles. The van der Waals surface area contributed by atoms with Gasteiger partial charge in [0.15, 0.2) is 11.5 Å². The number of carbonyl (C=O) groups is 1. The van der Waals surface area contributed by atoms with Crippen LogP contribution >= 0.6 is 0 Å². The Bertz CT molecular complexity index is 357. The molecule has 2 N–H and O–H groups in total. The first kappa shape index (κ1) is 10.4. The number of carboxylic acids is 1. The summed E-state index contributed by atoms with van der Waals surface area (Å²) in [6, 6.07) is 3.20. The number of aromatic carboxylic acids is 1. The summed E-state index contributed by atoms with van der Waals surface area (Å²) in [4.78, 5) is 10.9. The molecule has 0 aliphatic rings. The molecule has 1 aromatic rings. The zero-order chi connectivity index (χ0) is 10.7. The van der Waals surface area contributed by atoms with Crippen molar-refractivity contribution in [3.63, 3.8) is 0 Å². The molecule has 0 atom stereocenters. The van der Waals surface area contributed by atoms with Crippen molar-refractivity contribution in [2.24, 2.45) is 0 Å². The Hall–Kier alpha value is -1.71. The second-order valence-corrected chi connectivity index (χ2v) is 2.81. The SMILES string of the molecule is CCc1ccc(OC)c(O)c1C(=O)O. The molecule has 76 valence electrons. The van der Waals surface area contributed by atoms with E-state index < -0.39 is 5.97 Å². The van der Waals surface area contributed by atoms with Gasteiger partial charge in [-0.3, -0.25) is 0 Å². The monoisotopic (exact) mass is 196 g/mol. The van der Waals surface area contributed by atoms with Gasteiger partial charge in [-0.15, -0.1) is 0 Å². The Morgan fingerprint density at radius 2 is 2.14 bits per heavy atom. The Labute approximate surface area is 81.8 Å². The van der Waals surface area contributed by atoms with E-state index in [1.807, 2.05) is 6.92 Å². The van der Waals surface area contributed by atoms with E-state index in [4.69, 9.17) is 9.84 Å². The minimum Gasteiger partial charge on any atom is -0.504 e. The van der Waals surface area contributed by atoms with Crippen molar-refractivity contribution in [2.45, 2.75) is 13.3 Å². The lowest BCUT2D eigenvalue weighted by Gasteiger charge is -2.09. The van der Waals surface area contributed by atoms with Crippen molar-refractivity contribution in [3.8, 4) is 11.5 Å². The van der Waals surface area contributed by atoms with Crippen molar-refractivity contribution in [3.05, 3.63) is 23.3 Å². The highest BCUT2D eigenvalue weighted by Crippen LogP contribution is 2.32. The Kier molecular flexibility index (Phi) is 2.96. The molecule has 0 spiro atoms. The predicted molar refractivity (Wildman–Crippen MR) is 51.0 cm³/mol. The molecule has 0 saturated heterocycles. The lowest BCUT2D eigenvalue weighted by molar-refractivity contribution is 0.0692. The van der Waals surface area contributed by atoms with E-state index in [2.05, 4.69) is 0 Å². The summed E-state index contributed by atoms with van der Waals surface area (Å²) in [5, 5.41) is 18.4. The highest BCUT2D eigenvalue weighted by molar-refractivity contribution is 5.93. The van der Waals surface area contributed by atoms with Crippen LogP contribution in [-0.4, -0.2) is 23.3 Å². The molecule has 14 heavy (non-hydrogen) atoms. The van der Waals surface area contributed by atoms with Crippen LogP contribution in [0.5, 0.6) is 11.5 Å². The van der Waals surface area contributed by atoms with Crippen molar-refractivity contribution < 1.29 is 19.7 Å². The number of hydrogen-bond acceptors (Lipinski definition) is 3. The summed E-state index contributed by atoms with van der Waals surface area (Å²) in [5.74, 6) is -1.27. The molecule has 0 radical (unpaired) electrons. The molecule has 1 rings (SSSR count). The number of ether oxygens (including phenoxy) is 1. The fourth-order valence-corrected chi connectivity index (χ4v) is 1.31. The predicted octanol–water partition coefficient (Wildman–Crippen LogP) is 1.66. The Balaban J connectivity index is 3.39. The van der Waals surface area contributed by atoms with E-state index >= 15 is 0 Å². The van der Waals surface area contributed by atoms with Gasteiger partial charge < -0.3 is 14.9 Å². The molecule has 0 heterocycles. The third kappa shape index (κ3) is 1.64. The molecule has 0 aliphatic carbocycles. The number of benzene rings is 1. The van der Waals surface area contributed by atoms with Crippen molar-refractivity contribution in [1.82, 2.24) is 0 Å². The number of hydrogen-bond donors (Lipinski definition) is 2. The normalized spacial score (nSPS) is 9.86. The molecule has 4 heteroatoms. The fraction of sp³-hybridized carbons (Fsp3) is 0.300. The summed E-state index contributed by atoms with van der Waals surface area (Å²) < 4.78 is 4.82. The molecule has 4 nitrogen and oxygen atoms in total. The molecule has 0 unspecified atom stereocenters. The summed E-state index contributed by atoms with van der Waals surface area (Å²) in [6.45, 7) is 1.83. The van der Waals surface area contributed by atoms with Crippen LogP contribution in [0.3, 0.4) is 0 Å². The standard InChI is InChI=1S/C10H12O4/c1-3-6-4-5-7(14-2)9(11)8(6)10(12)13/h4-5,11H,3H2,1-2H3,(H,12,13). The van der Waals surface area contributed by atoms with E-state index in [0.29, 0.717) is 12.0 Å². The summed E-state index contributed by atoms with van der Waals surface area (Å²) in [6.07, 6.45) is 0.555. The number of methoxy groups -OCH3 is 1. The maximum Gasteiger partial charge on any atom is 0.339 e. The third-order valence-corrected chi connectivity index (χ3v) is 2.04. The van der Waals surface area contributed by atoms with Crippen LogP contribution in [0.4, 0.5) is 0 Å². The van der Waals surface area contributed by atoms with Gasteiger partial charge in [-0.05, 0) is 18.1 Å². The zero-order valence-corrected chi connectivity index (χ0v) is 8.07. The Morgan fingerprint density at radius 1 is 1.50 bits per heavy atom. The maximum atomic E-state index is 10.9. The number of rotatable bonds is 3. The maximum absolute atomic E-state index is 10.9. The van der Waals surface area contributed by atoms with Crippen molar-refractivity contribution in [1.29, 1.82) is 0 Å². The van der Waals surface area contributed by atoms with Crippen molar-refractivity contribution >= 4 is 5.97 Å². The molecule has 0 amide bonds. The van der Waals surface area contributed by atoms with Crippen molar-refractivity contribution in [2.75, 3.05) is 7.11 Å². The van der Waals surface area contributed by atoms with Gasteiger partial charge in [0.1, 0.15) is 5.56 Å². The fourth-order valence-electron chi connectivity index (χ4n) is 1.31. The van der Waals surface area contributed by atoms with Gasteiger partial charge in [-0.2, -0.15) is 0 Å². The first-order chi connectivity index (χ1) is 6.61. The van der Waals surface area contributed by atoms with Crippen LogP contribution in [0.25, 0.3) is 0 Å². The van der Waals surface area contributed by atoms with Gasteiger partial charge >= 0.3 is 5.97 Å². The first-order valence-corrected chi connectivity index (χ1v) is 4.24. The van der Waals surface area contributed by atoms with E-state index in [0.717, 1.165) is 0 Å². The molecule has 0 saturated carbocycles. The molecular weight excluding hydrogens is 184 g/mol. The van der Waals surface area contributed by atoms with Crippen LogP contribution in [-0.2, 0) is 6.42 Å². The molecule has 0 aromatic heterocycles. The zero-order valence-electron chi connectivity index (χ0n) is 8.07. The largest absolute Gasteiger partial charge is 0.504 e. The Morgan fingerprint density at radius 3 is 2.57 bits per heavy atom. The van der Waals surface area contributed by atoms with E-state index in [1.165, 1.54) is 7.11 Å². The summed E-state index contributed by atoms with van der Waals surface area (Å²) >= 11 is 0. The van der Waals surface area contributed by atoms with Crippen LogP contribution in [0.2, 0.25) is 0 Å². The van der Waals surface area contributed by atoms with Gasteiger partial charge in [0.25, 0.3) is 0 Å². The van der Waals surface area contributed by atoms with Crippen LogP contribution in [0.15, 0.2) is 12.1 Å². The van der Waals surface area contributed by atoms with E-state index in [9.17, 15) is 9.90 Å². The number of carboxylic acid groups (broad SMARTS) is 1. The minimum absolute atomic E-state index is 0.0770. The number of phenols is 1. The number of aromatic hydroxyl groups is 1. The molecule has 0 bridgehead atoms. The smallest absolute Gasteiger partial charge is 0.339 e. The molecule has 0 fully saturated rings. The average Bonchev–Trinajstić information content (AvgIpc) is 2.16. The summed E-state index contributed by atoms with van der Waals surface area (Å²) in [5.41, 5.74) is 0.516. The molecule has 1 aromatic carbocycles. The minimum atomic E-state index is -1.14.